The predicted octanol–water partition coefficient (Wildman–Crippen LogP) is 5.56. The van der Waals surface area contributed by atoms with E-state index in [4.69, 9.17) is 11.6 Å². The number of halogens is 2. The molecule has 1 aromatic rings. The van der Waals surface area contributed by atoms with Crippen molar-refractivity contribution in [3.05, 3.63) is 34.6 Å². The lowest BCUT2D eigenvalue weighted by Gasteiger charge is -2.39. The van der Waals surface area contributed by atoms with Crippen LogP contribution in [0.25, 0.3) is 0 Å². The van der Waals surface area contributed by atoms with E-state index < -0.39 is 0 Å². The van der Waals surface area contributed by atoms with Gasteiger partial charge in [-0.05, 0) is 60.8 Å². The predicted molar refractivity (Wildman–Crippen MR) is 88.1 cm³/mol. The molecule has 1 nitrogen and oxygen atoms in total. The van der Waals surface area contributed by atoms with Crippen molar-refractivity contribution in [2.45, 2.75) is 65.5 Å². The zero-order valence-electron chi connectivity index (χ0n) is 13.4. The SMILES string of the molecule is CCC(C)(C)C1CCC(NCc2cc(F)cc(Cl)c2)CC1. The molecule has 118 valence electrons. The highest BCUT2D eigenvalue weighted by atomic mass is 35.5. The van der Waals surface area contributed by atoms with Crippen LogP contribution in [-0.4, -0.2) is 6.04 Å². The molecule has 1 fully saturated rings. The monoisotopic (exact) mass is 311 g/mol. The zero-order valence-corrected chi connectivity index (χ0v) is 14.1. The van der Waals surface area contributed by atoms with Gasteiger partial charge in [0.25, 0.3) is 0 Å². The summed E-state index contributed by atoms with van der Waals surface area (Å²) < 4.78 is 13.3. The molecule has 0 heterocycles. The van der Waals surface area contributed by atoms with Crippen molar-refractivity contribution in [2.75, 3.05) is 0 Å². The standard InChI is InChI=1S/C18H27ClFN/c1-4-18(2,3)14-5-7-17(8-6-14)21-12-13-9-15(19)11-16(20)10-13/h9-11,14,17,21H,4-8,12H2,1-3H3. The van der Waals surface area contributed by atoms with Crippen molar-refractivity contribution in [1.29, 1.82) is 0 Å². The van der Waals surface area contributed by atoms with Crippen LogP contribution in [0, 0.1) is 17.2 Å². The average Bonchev–Trinajstić information content (AvgIpc) is 2.44. The molecular formula is C18H27ClFN. The Hall–Kier alpha value is -0.600. The van der Waals surface area contributed by atoms with Crippen LogP contribution in [0.5, 0.6) is 0 Å². The molecule has 1 aliphatic carbocycles. The van der Waals surface area contributed by atoms with Gasteiger partial charge < -0.3 is 5.32 Å². The van der Waals surface area contributed by atoms with Crippen LogP contribution >= 0.6 is 11.6 Å². The maximum atomic E-state index is 13.3. The fraction of sp³-hybridized carbons (Fsp3) is 0.667. The van der Waals surface area contributed by atoms with Crippen LogP contribution in [0.4, 0.5) is 4.39 Å². The van der Waals surface area contributed by atoms with E-state index in [1.165, 1.54) is 38.2 Å². The van der Waals surface area contributed by atoms with E-state index in [2.05, 4.69) is 26.1 Å². The minimum absolute atomic E-state index is 0.257. The van der Waals surface area contributed by atoms with Crippen LogP contribution in [0.15, 0.2) is 18.2 Å². The molecule has 0 unspecified atom stereocenters. The highest BCUT2D eigenvalue weighted by molar-refractivity contribution is 6.30. The molecule has 1 N–H and O–H groups in total. The van der Waals surface area contributed by atoms with Gasteiger partial charge in [-0.15, -0.1) is 0 Å². The van der Waals surface area contributed by atoms with Crippen LogP contribution in [-0.2, 0) is 6.54 Å². The molecule has 0 amide bonds. The Morgan fingerprint density at radius 3 is 2.43 bits per heavy atom. The first-order chi connectivity index (χ1) is 9.90. The Kier molecular flexibility index (Phi) is 5.67. The van der Waals surface area contributed by atoms with Gasteiger partial charge in [0, 0.05) is 17.6 Å². The van der Waals surface area contributed by atoms with Gasteiger partial charge in [0.1, 0.15) is 5.82 Å². The topological polar surface area (TPSA) is 12.0 Å². The minimum atomic E-state index is -0.257. The highest BCUT2D eigenvalue weighted by Gasteiger charge is 2.31. The summed E-state index contributed by atoms with van der Waals surface area (Å²) in [5, 5.41) is 4.03. The molecule has 0 saturated heterocycles. The Balaban J connectivity index is 1.81. The van der Waals surface area contributed by atoms with Crippen molar-refractivity contribution in [3.63, 3.8) is 0 Å². The van der Waals surface area contributed by atoms with Crippen molar-refractivity contribution in [2.24, 2.45) is 11.3 Å². The maximum absolute atomic E-state index is 13.3. The number of nitrogens with one attached hydrogen (secondary N) is 1. The third kappa shape index (κ3) is 4.69. The lowest BCUT2D eigenvalue weighted by atomic mass is 9.69. The third-order valence-electron chi connectivity index (χ3n) is 5.26. The van der Waals surface area contributed by atoms with Gasteiger partial charge in [0.15, 0.2) is 0 Å². The van der Waals surface area contributed by atoms with Gasteiger partial charge in [-0.25, -0.2) is 4.39 Å². The number of rotatable bonds is 5. The van der Waals surface area contributed by atoms with Gasteiger partial charge in [0.05, 0.1) is 0 Å². The van der Waals surface area contributed by atoms with Gasteiger partial charge in [-0.1, -0.05) is 38.8 Å². The zero-order chi connectivity index (χ0) is 15.5. The molecule has 0 bridgehead atoms. The summed E-state index contributed by atoms with van der Waals surface area (Å²) in [6, 6.07) is 5.30. The average molecular weight is 312 g/mol. The molecule has 2 rings (SSSR count). The van der Waals surface area contributed by atoms with E-state index in [0.29, 0.717) is 23.0 Å². The van der Waals surface area contributed by atoms with Gasteiger partial charge in [0.2, 0.25) is 0 Å². The lowest BCUT2D eigenvalue weighted by Crippen LogP contribution is -2.36. The summed E-state index contributed by atoms with van der Waals surface area (Å²) >= 11 is 5.89. The fourth-order valence-electron chi connectivity index (χ4n) is 3.34. The molecule has 0 atom stereocenters. The van der Waals surface area contributed by atoms with Crippen LogP contribution < -0.4 is 5.32 Å². The fourth-order valence-corrected chi connectivity index (χ4v) is 3.59. The van der Waals surface area contributed by atoms with Crippen molar-refractivity contribution in [3.8, 4) is 0 Å². The second kappa shape index (κ2) is 7.11. The normalized spacial score (nSPS) is 23.3. The van der Waals surface area contributed by atoms with Crippen molar-refractivity contribution in [1.82, 2.24) is 5.32 Å². The molecule has 0 aromatic heterocycles. The molecule has 0 spiro atoms. The Bertz CT molecular complexity index is 444. The highest BCUT2D eigenvalue weighted by Crippen LogP contribution is 2.40. The van der Waals surface area contributed by atoms with Crippen LogP contribution in [0.3, 0.4) is 0 Å². The molecule has 0 aliphatic heterocycles. The van der Waals surface area contributed by atoms with E-state index in [1.54, 1.807) is 6.07 Å². The smallest absolute Gasteiger partial charge is 0.125 e. The lowest BCUT2D eigenvalue weighted by molar-refractivity contribution is 0.137. The van der Waals surface area contributed by atoms with Gasteiger partial charge in [-0.3, -0.25) is 0 Å². The first-order valence-corrected chi connectivity index (χ1v) is 8.47. The molecule has 1 aromatic carbocycles. The van der Waals surface area contributed by atoms with Crippen LogP contribution in [0.1, 0.15) is 58.4 Å². The first kappa shape index (κ1) is 16.8. The molecule has 0 radical (unpaired) electrons. The Morgan fingerprint density at radius 2 is 1.86 bits per heavy atom. The number of hydrogen-bond acceptors (Lipinski definition) is 1. The Labute approximate surface area is 133 Å². The molecule has 21 heavy (non-hydrogen) atoms. The first-order valence-electron chi connectivity index (χ1n) is 8.09. The molecule has 1 aliphatic rings. The summed E-state index contributed by atoms with van der Waals surface area (Å²) in [6.07, 6.45) is 6.27. The van der Waals surface area contributed by atoms with Crippen molar-refractivity contribution >= 4 is 11.6 Å². The number of benzene rings is 1. The minimum Gasteiger partial charge on any atom is -0.310 e. The molecule has 1 saturated carbocycles. The number of hydrogen-bond donors (Lipinski definition) is 1. The summed E-state index contributed by atoms with van der Waals surface area (Å²) in [5.74, 6) is 0.580. The van der Waals surface area contributed by atoms with E-state index in [1.807, 2.05) is 6.07 Å². The van der Waals surface area contributed by atoms with E-state index in [0.717, 1.165) is 11.5 Å². The quantitative estimate of drug-likeness (QED) is 0.750. The second-order valence-electron chi connectivity index (χ2n) is 7.05. The largest absolute Gasteiger partial charge is 0.310 e. The van der Waals surface area contributed by atoms with E-state index in [-0.39, 0.29) is 5.82 Å². The molecule has 3 heteroatoms. The second-order valence-corrected chi connectivity index (χ2v) is 7.49. The molecular weight excluding hydrogens is 285 g/mol. The maximum Gasteiger partial charge on any atom is 0.125 e. The Morgan fingerprint density at radius 1 is 1.19 bits per heavy atom. The summed E-state index contributed by atoms with van der Waals surface area (Å²) in [6.45, 7) is 7.77. The summed E-state index contributed by atoms with van der Waals surface area (Å²) in [5.41, 5.74) is 1.39. The van der Waals surface area contributed by atoms with E-state index in [9.17, 15) is 4.39 Å². The van der Waals surface area contributed by atoms with Crippen molar-refractivity contribution < 1.29 is 4.39 Å². The van der Waals surface area contributed by atoms with Crippen LogP contribution in [0.2, 0.25) is 5.02 Å². The summed E-state index contributed by atoms with van der Waals surface area (Å²) in [7, 11) is 0. The van der Waals surface area contributed by atoms with Gasteiger partial charge >= 0.3 is 0 Å². The summed E-state index contributed by atoms with van der Waals surface area (Å²) in [4.78, 5) is 0. The third-order valence-corrected chi connectivity index (χ3v) is 5.48. The van der Waals surface area contributed by atoms with E-state index >= 15 is 0 Å². The van der Waals surface area contributed by atoms with Gasteiger partial charge in [-0.2, -0.15) is 0 Å².